The van der Waals surface area contributed by atoms with Crippen molar-refractivity contribution in [1.82, 2.24) is 19.4 Å². The molecule has 1 saturated heterocycles. The number of rotatable bonds is 11. The van der Waals surface area contributed by atoms with Crippen LogP contribution < -0.4 is 10.9 Å². The lowest BCUT2D eigenvalue weighted by atomic mass is 10.1. The average Bonchev–Trinajstić information content (AvgIpc) is 2.86. The van der Waals surface area contributed by atoms with Crippen LogP contribution in [-0.4, -0.2) is 78.3 Å². The van der Waals surface area contributed by atoms with Crippen molar-refractivity contribution in [2.75, 3.05) is 57.9 Å². The molecule has 0 spiro atoms. The van der Waals surface area contributed by atoms with E-state index in [0.29, 0.717) is 54.4 Å². The molecule has 2 aromatic rings. The second-order valence-electron chi connectivity index (χ2n) is 7.10. The zero-order valence-corrected chi connectivity index (χ0v) is 20.0. The molecule has 33 heavy (non-hydrogen) atoms. The van der Waals surface area contributed by atoms with Gasteiger partial charge in [-0.15, -0.1) is 0 Å². The molecule has 0 radical (unpaired) electrons. The number of anilines is 1. The van der Waals surface area contributed by atoms with E-state index >= 15 is 0 Å². The first-order valence-electron chi connectivity index (χ1n) is 11.5. The van der Waals surface area contributed by atoms with Crippen molar-refractivity contribution in [2.24, 2.45) is 0 Å². The fourth-order valence-corrected chi connectivity index (χ4v) is 3.37. The number of hydrogen-bond donors (Lipinski definition) is 2. The molecule has 2 aromatic heterocycles. The maximum Gasteiger partial charge on any atom is 0.293 e. The summed E-state index contributed by atoms with van der Waals surface area (Å²) in [6, 6.07) is 1.81. The Kier molecular flexibility index (Phi) is 11.4. The maximum atomic E-state index is 13.2. The second-order valence-corrected chi connectivity index (χ2v) is 7.10. The Hall–Kier alpha value is -2.88. The summed E-state index contributed by atoms with van der Waals surface area (Å²) in [6.45, 7) is 16.1. The Morgan fingerprint density at radius 1 is 1.33 bits per heavy atom. The Morgan fingerprint density at radius 2 is 2.09 bits per heavy atom. The van der Waals surface area contributed by atoms with Crippen molar-refractivity contribution >= 4 is 28.6 Å². The van der Waals surface area contributed by atoms with Crippen LogP contribution in [0.25, 0.3) is 16.6 Å². The van der Waals surface area contributed by atoms with Crippen molar-refractivity contribution in [2.45, 2.75) is 27.3 Å². The van der Waals surface area contributed by atoms with Crippen LogP contribution in [0.5, 0.6) is 0 Å². The lowest BCUT2D eigenvalue weighted by Crippen LogP contribution is -2.39. The summed E-state index contributed by atoms with van der Waals surface area (Å²) in [4.78, 5) is 24.4. The third kappa shape index (κ3) is 7.59. The number of nitrogens with zero attached hydrogens (tertiary/aromatic N) is 4. The van der Waals surface area contributed by atoms with Crippen LogP contribution in [0.15, 0.2) is 35.8 Å². The van der Waals surface area contributed by atoms with E-state index in [9.17, 15) is 4.79 Å². The van der Waals surface area contributed by atoms with Gasteiger partial charge in [-0.2, -0.15) is 0 Å². The third-order valence-electron chi connectivity index (χ3n) is 5.04. The third-order valence-corrected chi connectivity index (χ3v) is 5.04. The number of hydrogen-bond acceptors (Lipinski definition) is 8. The number of allylic oxidation sites excluding steroid dienone is 3. The van der Waals surface area contributed by atoms with Crippen LogP contribution in [0, 0.1) is 5.41 Å². The molecule has 1 aliphatic rings. The number of ether oxygens (including phenoxy) is 2. The van der Waals surface area contributed by atoms with Gasteiger partial charge in [-0.1, -0.05) is 26.5 Å². The summed E-state index contributed by atoms with van der Waals surface area (Å²) in [6.07, 6.45) is 6.12. The van der Waals surface area contributed by atoms with Crippen molar-refractivity contribution in [3.05, 3.63) is 47.0 Å². The van der Waals surface area contributed by atoms with E-state index < -0.39 is 0 Å². The van der Waals surface area contributed by atoms with Crippen LogP contribution in [0.4, 0.5) is 5.82 Å². The summed E-state index contributed by atoms with van der Waals surface area (Å²) >= 11 is 0. The molecule has 0 saturated carbocycles. The molecule has 9 heteroatoms. The molecule has 1 fully saturated rings. The Morgan fingerprint density at radius 3 is 2.79 bits per heavy atom. The Bertz CT molecular complexity index is 996. The van der Waals surface area contributed by atoms with Gasteiger partial charge >= 0.3 is 0 Å². The van der Waals surface area contributed by atoms with Gasteiger partial charge in [0.1, 0.15) is 5.52 Å². The van der Waals surface area contributed by atoms with Gasteiger partial charge in [-0.05, 0) is 24.6 Å². The monoisotopic (exact) mass is 456 g/mol. The van der Waals surface area contributed by atoms with Gasteiger partial charge in [0, 0.05) is 45.5 Å². The Balaban J connectivity index is 0.00000187. The molecule has 3 heterocycles. The predicted octanol–water partition coefficient (Wildman–Crippen LogP) is 2.82. The highest BCUT2D eigenvalue weighted by molar-refractivity contribution is 5.83. The van der Waals surface area contributed by atoms with Crippen molar-refractivity contribution < 1.29 is 9.47 Å². The summed E-state index contributed by atoms with van der Waals surface area (Å²) < 4.78 is 12.5. The number of morpholine rings is 1. The van der Waals surface area contributed by atoms with E-state index in [1.807, 2.05) is 26.8 Å². The van der Waals surface area contributed by atoms with Crippen molar-refractivity contribution in [1.29, 1.82) is 5.41 Å². The molecule has 3 rings (SSSR count). The van der Waals surface area contributed by atoms with E-state index in [1.165, 1.54) is 6.21 Å². The predicted molar refractivity (Wildman–Crippen MR) is 134 cm³/mol. The van der Waals surface area contributed by atoms with Crippen LogP contribution in [0.2, 0.25) is 0 Å². The van der Waals surface area contributed by atoms with E-state index in [0.717, 1.165) is 32.8 Å². The lowest BCUT2D eigenvalue weighted by Gasteiger charge is -2.26. The molecule has 180 valence electrons. The van der Waals surface area contributed by atoms with Crippen molar-refractivity contribution in [3.8, 4) is 0 Å². The molecule has 9 nitrogen and oxygen atoms in total. The standard InChI is InChI=1S/C22H30N6O3.C2H6/c1-3-30-14-11-28-20-15-18(17(2)5-4-6-23)25-16-19(20)26-21(22(28)29)24-7-8-27-9-12-31-13-10-27;1-2/h4-6,15-16,23H,2-3,7-14H2,1H3,(H,24,26);1-2H3/b5-4-,23-6?;. The number of nitrogens with one attached hydrogen (secondary N) is 2. The minimum atomic E-state index is -0.188. The summed E-state index contributed by atoms with van der Waals surface area (Å²) in [7, 11) is 0. The first-order valence-corrected chi connectivity index (χ1v) is 11.5. The van der Waals surface area contributed by atoms with Crippen LogP contribution in [0.1, 0.15) is 26.5 Å². The topological polar surface area (TPSA) is 105 Å². The fraction of sp³-hybridized carbons (Fsp3) is 0.500. The first-order chi connectivity index (χ1) is 16.1. The molecule has 0 bridgehead atoms. The molecular weight excluding hydrogens is 420 g/mol. The minimum absolute atomic E-state index is 0.188. The van der Waals surface area contributed by atoms with Crippen LogP contribution in [0.3, 0.4) is 0 Å². The highest BCUT2D eigenvalue weighted by Gasteiger charge is 2.14. The molecular formula is C24H36N6O3. The van der Waals surface area contributed by atoms with E-state index in [-0.39, 0.29) is 5.56 Å². The van der Waals surface area contributed by atoms with E-state index in [2.05, 4.69) is 26.8 Å². The molecule has 2 N–H and O–H groups in total. The maximum absolute atomic E-state index is 13.2. The molecule has 1 aliphatic heterocycles. The van der Waals surface area contributed by atoms with Gasteiger partial charge in [0.05, 0.1) is 37.2 Å². The van der Waals surface area contributed by atoms with Crippen LogP contribution >= 0.6 is 0 Å². The summed E-state index contributed by atoms with van der Waals surface area (Å²) in [5.74, 6) is 0.314. The molecule has 0 amide bonds. The second kappa shape index (κ2) is 14.3. The zero-order valence-electron chi connectivity index (χ0n) is 20.0. The normalized spacial score (nSPS) is 14.2. The number of aromatic nitrogens is 3. The highest BCUT2D eigenvalue weighted by Crippen LogP contribution is 2.18. The SMILES string of the molecule is C=C(/C=C\C=N)c1cc2c(cn1)nc(NCCN1CCOCC1)c(=O)n2CCOCC.CC. The zero-order chi connectivity index (χ0) is 24.1. The smallest absolute Gasteiger partial charge is 0.293 e. The molecule has 0 unspecified atom stereocenters. The first kappa shape index (κ1) is 26.4. The highest BCUT2D eigenvalue weighted by atomic mass is 16.5. The summed E-state index contributed by atoms with van der Waals surface area (Å²) in [5.41, 5.74) is 2.40. The van der Waals surface area contributed by atoms with E-state index in [4.69, 9.17) is 14.9 Å². The molecule has 0 atom stereocenters. The van der Waals surface area contributed by atoms with E-state index in [1.54, 1.807) is 22.9 Å². The van der Waals surface area contributed by atoms with Gasteiger partial charge in [-0.3, -0.25) is 14.7 Å². The molecule has 0 aromatic carbocycles. The number of pyridine rings is 1. The lowest BCUT2D eigenvalue weighted by molar-refractivity contribution is 0.0398. The van der Waals surface area contributed by atoms with Crippen LogP contribution in [-0.2, 0) is 16.0 Å². The largest absolute Gasteiger partial charge is 0.380 e. The Labute approximate surface area is 195 Å². The quantitative estimate of drug-likeness (QED) is 0.304. The van der Waals surface area contributed by atoms with Gasteiger partial charge in [0.15, 0.2) is 5.82 Å². The van der Waals surface area contributed by atoms with Gasteiger partial charge in [0.25, 0.3) is 5.56 Å². The van der Waals surface area contributed by atoms with Gasteiger partial charge in [-0.25, -0.2) is 4.98 Å². The average molecular weight is 457 g/mol. The minimum Gasteiger partial charge on any atom is -0.380 e. The van der Waals surface area contributed by atoms with Crippen molar-refractivity contribution in [3.63, 3.8) is 0 Å². The molecule has 0 aliphatic carbocycles. The summed E-state index contributed by atoms with van der Waals surface area (Å²) in [5, 5.41) is 10.3. The van der Waals surface area contributed by atoms with Gasteiger partial charge < -0.3 is 24.8 Å². The van der Waals surface area contributed by atoms with Gasteiger partial charge in [0.2, 0.25) is 0 Å². The fourth-order valence-electron chi connectivity index (χ4n) is 3.37. The number of fused-ring (bicyclic) bond motifs is 1.